The molecule has 5 rings (SSSR count). The van der Waals surface area contributed by atoms with E-state index in [4.69, 9.17) is 10.2 Å². The van der Waals surface area contributed by atoms with Gasteiger partial charge in [0.15, 0.2) is 0 Å². The molecule has 1 aromatic heterocycles. The molecule has 2 aliphatic carbocycles. The standard InChI is InChI=1S/C19H21N3O.C4H4O4/c1-22-10-12(19(23)21-13-5-6-13)7-15-14-3-2-4-16-18(14)11(9-20-16)8-17(15)22;5-3(6)1-2-4(7)8/h2-4,7,9,12-13,17,20H,5-6,8,10H2,1H3,(H,21,23);1-2H,(H,5,6)(H,7,8)/t12-,17-;/m1./s1. The highest BCUT2D eigenvalue weighted by atomic mass is 16.4. The molecule has 0 saturated heterocycles. The molecule has 8 nitrogen and oxygen atoms in total. The van der Waals surface area contributed by atoms with Crippen molar-refractivity contribution < 1.29 is 24.6 Å². The van der Waals surface area contributed by atoms with Crippen molar-refractivity contribution in [2.45, 2.75) is 31.3 Å². The topological polar surface area (TPSA) is 123 Å². The smallest absolute Gasteiger partial charge is 0.328 e. The lowest BCUT2D eigenvalue weighted by Gasteiger charge is -2.39. The van der Waals surface area contributed by atoms with Crippen molar-refractivity contribution in [3.63, 3.8) is 0 Å². The molecular formula is C23H25N3O5. The molecule has 2 heterocycles. The zero-order chi connectivity index (χ0) is 22.1. The molecule has 2 atom stereocenters. The van der Waals surface area contributed by atoms with Gasteiger partial charge in [-0.25, -0.2) is 9.59 Å². The van der Waals surface area contributed by atoms with Gasteiger partial charge in [-0.1, -0.05) is 18.2 Å². The summed E-state index contributed by atoms with van der Waals surface area (Å²) in [7, 11) is 2.15. The molecule has 4 N–H and O–H groups in total. The van der Waals surface area contributed by atoms with E-state index in [1.165, 1.54) is 27.6 Å². The molecule has 0 spiro atoms. The van der Waals surface area contributed by atoms with Crippen molar-refractivity contribution in [2.75, 3.05) is 13.6 Å². The summed E-state index contributed by atoms with van der Waals surface area (Å²) in [6.45, 7) is 0.808. The van der Waals surface area contributed by atoms with Crippen LogP contribution in [-0.4, -0.2) is 63.6 Å². The number of benzene rings is 1. The third-order valence-corrected chi connectivity index (χ3v) is 5.90. The number of rotatable bonds is 4. The van der Waals surface area contributed by atoms with E-state index < -0.39 is 11.9 Å². The number of aromatic amines is 1. The Morgan fingerprint density at radius 1 is 1.16 bits per heavy atom. The highest BCUT2D eigenvalue weighted by molar-refractivity contribution is 5.99. The quantitative estimate of drug-likeness (QED) is 0.558. The number of carbonyl (C=O) groups excluding carboxylic acids is 1. The average Bonchev–Trinajstić information content (AvgIpc) is 3.45. The fourth-order valence-corrected chi connectivity index (χ4v) is 4.29. The third kappa shape index (κ3) is 4.54. The first kappa shape index (κ1) is 20.9. The van der Waals surface area contributed by atoms with Crippen LogP contribution in [0.3, 0.4) is 0 Å². The Labute approximate surface area is 179 Å². The summed E-state index contributed by atoms with van der Waals surface area (Å²) in [5, 5.41) is 20.1. The number of carboxylic acids is 2. The summed E-state index contributed by atoms with van der Waals surface area (Å²) in [4.78, 5) is 37.4. The average molecular weight is 423 g/mol. The number of hydrogen-bond acceptors (Lipinski definition) is 4. The predicted molar refractivity (Wildman–Crippen MR) is 115 cm³/mol. The van der Waals surface area contributed by atoms with Crippen LogP contribution >= 0.6 is 0 Å². The van der Waals surface area contributed by atoms with Crippen molar-refractivity contribution in [2.24, 2.45) is 5.92 Å². The second-order valence-electron chi connectivity index (χ2n) is 8.22. The maximum Gasteiger partial charge on any atom is 0.328 e. The number of likely N-dealkylation sites (N-methyl/N-ethyl adjacent to an activating group) is 1. The summed E-state index contributed by atoms with van der Waals surface area (Å²) >= 11 is 0. The van der Waals surface area contributed by atoms with E-state index in [0.29, 0.717) is 24.2 Å². The number of aliphatic carboxylic acids is 2. The van der Waals surface area contributed by atoms with Crippen LogP contribution in [0.1, 0.15) is 24.0 Å². The van der Waals surface area contributed by atoms with Crippen LogP contribution < -0.4 is 5.32 Å². The van der Waals surface area contributed by atoms with Gasteiger partial charge < -0.3 is 20.5 Å². The number of carbonyl (C=O) groups is 3. The lowest BCUT2D eigenvalue weighted by Crippen LogP contribution is -2.46. The van der Waals surface area contributed by atoms with Gasteiger partial charge in [-0.3, -0.25) is 9.69 Å². The summed E-state index contributed by atoms with van der Waals surface area (Å²) in [6, 6.07) is 7.25. The Balaban J connectivity index is 0.000000250. The lowest BCUT2D eigenvalue weighted by molar-refractivity contribution is -0.134. The molecule has 0 radical (unpaired) electrons. The molecular weight excluding hydrogens is 398 g/mol. The lowest BCUT2D eigenvalue weighted by atomic mass is 9.80. The Hall–Kier alpha value is -3.39. The van der Waals surface area contributed by atoms with Crippen molar-refractivity contribution in [3.05, 3.63) is 53.8 Å². The first-order valence-electron chi connectivity index (χ1n) is 10.3. The number of nitrogens with zero attached hydrogens (tertiary/aromatic N) is 1. The number of amides is 1. The van der Waals surface area contributed by atoms with Crippen LogP contribution in [0.15, 0.2) is 42.6 Å². The molecule has 8 heteroatoms. The van der Waals surface area contributed by atoms with Crippen LogP contribution in [-0.2, 0) is 20.8 Å². The first-order valence-corrected chi connectivity index (χ1v) is 10.3. The fraction of sp³-hybridized carbons (Fsp3) is 0.348. The number of fused-ring (bicyclic) bond motifs is 2. The van der Waals surface area contributed by atoms with Gasteiger partial charge in [-0.05, 0) is 49.1 Å². The molecule has 31 heavy (non-hydrogen) atoms. The van der Waals surface area contributed by atoms with Gasteiger partial charge in [0.05, 0.1) is 5.92 Å². The highest BCUT2D eigenvalue weighted by Crippen LogP contribution is 2.40. The molecule has 3 aliphatic rings. The van der Waals surface area contributed by atoms with Gasteiger partial charge in [0.2, 0.25) is 5.91 Å². The first-order chi connectivity index (χ1) is 14.8. The van der Waals surface area contributed by atoms with Crippen molar-refractivity contribution in [1.29, 1.82) is 0 Å². The number of nitrogens with one attached hydrogen (secondary N) is 2. The summed E-state index contributed by atoms with van der Waals surface area (Å²) in [5.41, 5.74) is 5.22. The Bertz CT molecular complexity index is 1080. The predicted octanol–water partition coefficient (Wildman–Crippen LogP) is 2.03. The minimum Gasteiger partial charge on any atom is -0.478 e. The second kappa shape index (κ2) is 8.39. The molecule has 1 aromatic carbocycles. The minimum absolute atomic E-state index is 0.0393. The molecule has 1 amide bonds. The summed E-state index contributed by atoms with van der Waals surface area (Å²) in [5.74, 6) is -2.36. The minimum atomic E-state index is -1.26. The Morgan fingerprint density at radius 2 is 1.87 bits per heavy atom. The maximum absolute atomic E-state index is 12.5. The molecule has 162 valence electrons. The van der Waals surface area contributed by atoms with Gasteiger partial charge >= 0.3 is 11.9 Å². The van der Waals surface area contributed by atoms with Crippen LogP contribution in [0, 0.1) is 5.92 Å². The van der Waals surface area contributed by atoms with Gasteiger partial charge in [0, 0.05) is 47.9 Å². The van der Waals surface area contributed by atoms with E-state index in [-0.39, 0.29) is 11.8 Å². The zero-order valence-corrected chi connectivity index (χ0v) is 17.2. The van der Waals surface area contributed by atoms with Crippen LogP contribution in [0.25, 0.3) is 16.5 Å². The van der Waals surface area contributed by atoms with Crippen LogP contribution in [0.2, 0.25) is 0 Å². The van der Waals surface area contributed by atoms with Gasteiger partial charge in [0.1, 0.15) is 0 Å². The van der Waals surface area contributed by atoms with Gasteiger partial charge in [-0.2, -0.15) is 0 Å². The number of carboxylic acid groups (broad SMARTS) is 2. The largest absolute Gasteiger partial charge is 0.478 e. The van der Waals surface area contributed by atoms with Crippen molar-refractivity contribution >= 4 is 34.3 Å². The van der Waals surface area contributed by atoms with Crippen molar-refractivity contribution in [1.82, 2.24) is 15.2 Å². The third-order valence-electron chi connectivity index (χ3n) is 5.90. The second-order valence-corrected chi connectivity index (χ2v) is 8.22. The number of hydrogen-bond donors (Lipinski definition) is 4. The summed E-state index contributed by atoms with van der Waals surface area (Å²) in [6.07, 6.45) is 8.79. The van der Waals surface area contributed by atoms with E-state index in [1.54, 1.807) is 0 Å². The van der Waals surface area contributed by atoms with Crippen LogP contribution in [0.5, 0.6) is 0 Å². The van der Waals surface area contributed by atoms with E-state index in [2.05, 4.69) is 52.7 Å². The van der Waals surface area contributed by atoms with E-state index in [1.807, 2.05) is 0 Å². The molecule has 1 aliphatic heterocycles. The zero-order valence-electron chi connectivity index (χ0n) is 17.2. The van der Waals surface area contributed by atoms with Gasteiger partial charge in [-0.15, -0.1) is 0 Å². The van der Waals surface area contributed by atoms with E-state index in [0.717, 1.165) is 25.8 Å². The molecule has 1 fully saturated rings. The summed E-state index contributed by atoms with van der Waals surface area (Å²) < 4.78 is 0. The molecule has 2 aromatic rings. The monoisotopic (exact) mass is 423 g/mol. The number of aromatic nitrogens is 1. The Morgan fingerprint density at radius 3 is 2.52 bits per heavy atom. The number of H-pyrrole nitrogens is 1. The molecule has 1 saturated carbocycles. The van der Waals surface area contributed by atoms with Gasteiger partial charge in [0.25, 0.3) is 0 Å². The van der Waals surface area contributed by atoms with E-state index >= 15 is 0 Å². The molecule has 0 bridgehead atoms. The van der Waals surface area contributed by atoms with Crippen LogP contribution in [0.4, 0.5) is 0 Å². The Kier molecular flexibility index (Phi) is 5.65. The normalized spacial score (nSPS) is 22.3. The SMILES string of the molecule is CN1C[C@H](C(=O)NC2CC2)C=C2c3cccc4[nH]cc(c34)C[C@H]21.O=C(O)C=CC(=O)O. The molecule has 0 unspecified atom stereocenters. The van der Waals surface area contributed by atoms with E-state index in [9.17, 15) is 14.4 Å². The maximum atomic E-state index is 12.5. The van der Waals surface area contributed by atoms with Crippen molar-refractivity contribution in [3.8, 4) is 0 Å². The fourth-order valence-electron chi connectivity index (χ4n) is 4.29. The highest BCUT2D eigenvalue weighted by Gasteiger charge is 2.36.